The van der Waals surface area contributed by atoms with E-state index >= 15 is 0 Å². The second-order valence-electron chi connectivity index (χ2n) is 4.05. The molecule has 1 aromatic carbocycles. The fraction of sp³-hybridized carbons (Fsp3) is 0.364. The highest BCUT2D eigenvalue weighted by Gasteiger charge is 2.32. The molecule has 17 heavy (non-hydrogen) atoms. The minimum Gasteiger partial charge on any atom is -0.397 e. The first-order chi connectivity index (χ1) is 8.02. The van der Waals surface area contributed by atoms with Crippen molar-refractivity contribution in [1.29, 1.82) is 0 Å². The minimum atomic E-state index is -0.800. The topological polar surface area (TPSA) is 46.3 Å². The van der Waals surface area contributed by atoms with Crippen molar-refractivity contribution >= 4 is 33.2 Å². The first kappa shape index (κ1) is 12.3. The average molecular weight is 305 g/mol. The second kappa shape index (κ2) is 4.60. The van der Waals surface area contributed by atoms with Gasteiger partial charge < -0.3 is 10.6 Å². The Morgan fingerprint density at radius 2 is 2.18 bits per heavy atom. The molecule has 1 saturated heterocycles. The fourth-order valence-corrected chi connectivity index (χ4v) is 2.41. The van der Waals surface area contributed by atoms with E-state index in [0.29, 0.717) is 18.3 Å². The molecule has 0 radical (unpaired) electrons. The van der Waals surface area contributed by atoms with Crippen LogP contribution in [0, 0.1) is 17.6 Å². The zero-order valence-electron chi connectivity index (χ0n) is 8.92. The molecule has 1 aliphatic heterocycles. The lowest BCUT2D eigenvalue weighted by atomic mass is 10.2. The monoisotopic (exact) mass is 304 g/mol. The van der Waals surface area contributed by atoms with E-state index in [1.165, 1.54) is 4.90 Å². The molecule has 6 heteroatoms. The summed E-state index contributed by atoms with van der Waals surface area (Å²) in [5, 5.41) is 0.665. The maximum atomic E-state index is 13.6. The summed E-state index contributed by atoms with van der Waals surface area (Å²) in [7, 11) is 0. The van der Waals surface area contributed by atoms with Gasteiger partial charge in [-0.05, 0) is 12.0 Å². The molecule has 1 aromatic rings. The van der Waals surface area contributed by atoms with Crippen LogP contribution < -0.4 is 10.6 Å². The smallest absolute Gasteiger partial charge is 0.227 e. The van der Waals surface area contributed by atoms with Crippen LogP contribution in [-0.2, 0) is 4.79 Å². The molecule has 0 bridgehead atoms. The zero-order valence-corrected chi connectivity index (χ0v) is 10.5. The van der Waals surface area contributed by atoms with Gasteiger partial charge in [-0.15, -0.1) is 0 Å². The number of nitrogen functional groups attached to an aromatic ring is 1. The molecule has 1 unspecified atom stereocenters. The molecule has 1 fully saturated rings. The van der Waals surface area contributed by atoms with E-state index in [9.17, 15) is 13.6 Å². The number of anilines is 2. The summed E-state index contributed by atoms with van der Waals surface area (Å²) in [5.74, 6) is -1.60. The van der Waals surface area contributed by atoms with Gasteiger partial charge in [-0.1, -0.05) is 15.9 Å². The quantitative estimate of drug-likeness (QED) is 0.673. The molecule has 1 aliphatic rings. The summed E-state index contributed by atoms with van der Waals surface area (Å²) in [6.45, 7) is 0.400. The molecular weight excluding hydrogens is 294 g/mol. The zero-order chi connectivity index (χ0) is 12.6. The third kappa shape index (κ3) is 2.26. The Morgan fingerprint density at radius 3 is 2.71 bits per heavy atom. The predicted molar refractivity (Wildman–Crippen MR) is 65.0 cm³/mol. The SMILES string of the molecule is Nc1cc(F)cc(F)c1N1CC(CBr)CC1=O. The average Bonchev–Trinajstić information content (AvgIpc) is 2.59. The van der Waals surface area contributed by atoms with Crippen molar-refractivity contribution in [3.05, 3.63) is 23.8 Å². The molecule has 0 saturated carbocycles. The number of nitrogens with zero attached hydrogens (tertiary/aromatic N) is 1. The summed E-state index contributed by atoms with van der Waals surface area (Å²) < 4.78 is 26.5. The fourth-order valence-electron chi connectivity index (χ4n) is 1.97. The van der Waals surface area contributed by atoms with Crippen molar-refractivity contribution in [2.45, 2.75) is 6.42 Å². The molecular formula is C11H11BrF2N2O. The van der Waals surface area contributed by atoms with Crippen molar-refractivity contribution in [2.24, 2.45) is 5.92 Å². The van der Waals surface area contributed by atoms with Crippen LogP contribution in [0.4, 0.5) is 20.2 Å². The first-order valence-electron chi connectivity index (χ1n) is 5.13. The van der Waals surface area contributed by atoms with Gasteiger partial charge in [0.15, 0.2) is 5.82 Å². The van der Waals surface area contributed by atoms with Gasteiger partial charge in [-0.25, -0.2) is 8.78 Å². The Labute approximate surface area is 106 Å². The van der Waals surface area contributed by atoms with Crippen LogP contribution in [0.5, 0.6) is 0 Å². The van der Waals surface area contributed by atoms with Crippen molar-refractivity contribution in [3.8, 4) is 0 Å². The maximum absolute atomic E-state index is 13.6. The maximum Gasteiger partial charge on any atom is 0.227 e. The van der Waals surface area contributed by atoms with Crippen LogP contribution >= 0.6 is 15.9 Å². The Morgan fingerprint density at radius 1 is 1.47 bits per heavy atom. The van der Waals surface area contributed by atoms with E-state index in [1.54, 1.807) is 0 Å². The van der Waals surface area contributed by atoms with E-state index in [4.69, 9.17) is 5.73 Å². The van der Waals surface area contributed by atoms with Gasteiger partial charge in [0.2, 0.25) is 5.91 Å². The van der Waals surface area contributed by atoms with Crippen molar-refractivity contribution in [1.82, 2.24) is 0 Å². The highest BCUT2D eigenvalue weighted by molar-refractivity contribution is 9.09. The number of hydrogen-bond donors (Lipinski definition) is 1. The number of benzene rings is 1. The van der Waals surface area contributed by atoms with Crippen LogP contribution in [0.2, 0.25) is 0 Å². The van der Waals surface area contributed by atoms with Gasteiger partial charge in [0.05, 0.1) is 5.69 Å². The van der Waals surface area contributed by atoms with Crippen molar-refractivity contribution in [2.75, 3.05) is 22.5 Å². The van der Waals surface area contributed by atoms with Gasteiger partial charge in [-0.2, -0.15) is 0 Å². The van der Waals surface area contributed by atoms with Gasteiger partial charge in [-0.3, -0.25) is 4.79 Å². The summed E-state index contributed by atoms with van der Waals surface area (Å²) >= 11 is 3.29. The number of hydrogen-bond acceptors (Lipinski definition) is 2. The second-order valence-corrected chi connectivity index (χ2v) is 4.70. The van der Waals surface area contributed by atoms with Gasteiger partial charge in [0.1, 0.15) is 11.5 Å². The highest BCUT2D eigenvalue weighted by Crippen LogP contribution is 2.33. The van der Waals surface area contributed by atoms with E-state index in [-0.39, 0.29) is 23.2 Å². The van der Waals surface area contributed by atoms with Crippen LogP contribution in [0.25, 0.3) is 0 Å². The van der Waals surface area contributed by atoms with E-state index in [1.807, 2.05) is 0 Å². The minimum absolute atomic E-state index is 0.0140. The molecule has 92 valence electrons. The van der Waals surface area contributed by atoms with Gasteiger partial charge >= 0.3 is 0 Å². The lowest BCUT2D eigenvalue weighted by Gasteiger charge is -2.19. The number of carbonyl (C=O) groups excluding carboxylic acids is 1. The number of halogens is 3. The third-order valence-corrected chi connectivity index (χ3v) is 3.67. The number of carbonyl (C=O) groups is 1. The third-order valence-electron chi connectivity index (χ3n) is 2.75. The molecule has 1 amide bonds. The highest BCUT2D eigenvalue weighted by atomic mass is 79.9. The largest absolute Gasteiger partial charge is 0.397 e. The molecule has 3 nitrogen and oxygen atoms in total. The lowest BCUT2D eigenvalue weighted by molar-refractivity contribution is -0.117. The van der Waals surface area contributed by atoms with Crippen LogP contribution in [0.3, 0.4) is 0 Å². The van der Waals surface area contributed by atoms with Crippen molar-refractivity contribution in [3.63, 3.8) is 0 Å². The first-order valence-corrected chi connectivity index (χ1v) is 6.26. The van der Waals surface area contributed by atoms with Crippen LogP contribution in [-0.4, -0.2) is 17.8 Å². The van der Waals surface area contributed by atoms with Crippen molar-refractivity contribution < 1.29 is 13.6 Å². The molecule has 1 atom stereocenters. The Balaban J connectivity index is 2.38. The molecule has 0 aliphatic carbocycles. The summed E-state index contributed by atoms with van der Waals surface area (Å²) in [5.41, 5.74) is 5.50. The number of rotatable bonds is 2. The number of alkyl halides is 1. The number of amides is 1. The molecule has 0 aromatic heterocycles. The van der Waals surface area contributed by atoms with E-state index in [0.717, 1.165) is 12.1 Å². The van der Waals surface area contributed by atoms with Crippen LogP contribution in [0.15, 0.2) is 12.1 Å². The normalized spacial score (nSPS) is 20.1. The Bertz CT molecular complexity index is 444. The predicted octanol–water partition coefficient (Wildman–Crippen LogP) is 2.29. The summed E-state index contributed by atoms with van der Waals surface area (Å²) in [6.07, 6.45) is 0.349. The molecule has 1 heterocycles. The Kier molecular flexibility index (Phi) is 3.33. The van der Waals surface area contributed by atoms with Crippen LogP contribution in [0.1, 0.15) is 6.42 Å². The summed E-state index contributed by atoms with van der Waals surface area (Å²) in [6, 6.07) is 1.76. The van der Waals surface area contributed by atoms with E-state index in [2.05, 4.69) is 15.9 Å². The van der Waals surface area contributed by atoms with Gasteiger partial charge in [0.25, 0.3) is 0 Å². The molecule has 2 N–H and O–H groups in total. The van der Waals surface area contributed by atoms with Gasteiger partial charge in [0, 0.05) is 24.4 Å². The number of nitrogens with two attached hydrogens (primary N) is 1. The Hall–Kier alpha value is -1.17. The molecule has 2 rings (SSSR count). The summed E-state index contributed by atoms with van der Waals surface area (Å²) in [4.78, 5) is 13.0. The van der Waals surface area contributed by atoms with E-state index < -0.39 is 11.6 Å². The standard InChI is InChI=1S/C11H11BrF2N2O/c12-4-6-1-10(17)16(5-6)11-8(14)2-7(13)3-9(11)15/h2-3,6H,1,4-5,15H2. The lowest BCUT2D eigenvalue weighted by Crippen LogP contribution is -2.26. The molecule has 0 spiro atoms.